The molecule has 0 aliphatic carbocycles. The van der Waals surface area contributed by atoms with Gasteiger partial charge in [0.15, 0.2) is 11.5 Å². The quantitative estimate of drug-likeness (QED) is 0.674. The molecule has 5 nitrogen and oxygen atoms in total. The molecule has 1 aromatic rings. The minimum Gasteiger partial charge on any atom is -0.504 e. The van der Waals surface area contributed by atoms with Crippen molar-refractivity contribution in [2.24, 2.45) is 5.73 Å². The van der Waals surface area contributed by atoms with Gasteiger partial charge in [0.1, 0.15) is 0 Å². The number of rotatable bonds is 4. The third-order valence-corrected chi connectivity index (χ3v) is 2.13. The molecule has 84 valence electrons. The van der Waals surface area contributed by atoms with Crippen LogP contribution in [0, 0.1) is 0 Å². The third kappa shape index (κ3) is 2.14. The first-order valence-corrected chi connectivity index (χ1v) is 4.47. The Bertz CT molecular complexity index is 340. The smallest absolute Gasteiger partial charge is 0.203 e. The van der Waals surface area contributed by atoms with E-state index in [2.05, 4.69) is 0 Å². The van der Waals surface area contributed by atoms with Crippen molar-refractivity contribution >= 4 is 0 Å². The molecule has 0 bridgehead atoms. The van der Waals surface area contributed by atoms with Crippen LogP contribution in [-0.4, -0.2) is 31.0 Å². The molecular weight excluding hydrogens is 198 g/mol. The highest BCUT2D eigenvalue weighted by atomic mass is 16.5. The molecule has 1 atom stereocenters. The van der Waals surface area contributed by atoms with Crippen LogP contribution >= 0.6 is 0 Å². The Morgan fingerprint density at radius 3 is 2.47 bits per heavy atom. The molecule has 0 radical (unpaired) electrons. The van der Waals surface area contributed by atoms with Gasteiger partial charge in [0.05, 0.1) is 20.3 Å². The van der Waals surface area contributed by atoms with Gasteiger partial charge in [-0.25, -0.2) is 0 Å². The highest BCUT2D eigenvalue weighted by Gasteiger charge is 2.18. The average Bonchev–Trinajstić information content (AvgIpc) is 2.27. The maximum absolute atomic E-state index is 9.78. The summed E-state index contributed by atoms with van der Waals surface area (Å²) in [7, 11) is 2.88. The van der Waals surface area contributed by atoms with Crippen LogP contribution in [0.2, 0.25) is 0 Å². The lowest BCUT2D eigenvalue weighted by Crippen LogP contribution is -2.12. The number of aliphatic hydroxyl groups is 1. The molecule has 0 fully saturated rings. The Morgan fingerprint density at radius 1 is 1.33 bits per heavy atom. The van der Waals surface area contributed by atoms with Gasteiger partial charge < -0.3 is 25.4 Å². The van der Waals surface area contributed by atoms with Crippen molar-refractivity contribution < 1.29 is 19.7 Å². The van der Waals surface area contributed by atoms with Gasteiger partial charge in [-0.3, -0.25) is 0 Å². The minimum absolute atomic E-state index is 0.0308. The first kappa shape index (κ1) is 11.6. The summed E-state index contributed by atoms with van der Waals surface area (Å²) in [6, 6.07) is 3.15. The molecule has 0 saturated heterocycles. The largest absolute Gasteiger partial charge is 0.504 e. The second-order valence-corrected chi connectivity index (χ2v) is 2.99. The third-order valence-electron chi connectivity index (χ3n) is 2.13. The molecule has 0 saturated carbocycles. The summed E-state index contributed by atoms with van der Waals surface area (Å²) in [5.74, 6) is 0.459. The fourth-order valence-corrected chi connectivity index (χ4v) is 1.32. The summed E-state index contributed by atoms with van der Waals surface area (Å²) in [5.41, 5.74) is 5.63. The number of phenols is 1. The normalized spacial score (nSPS) is 12.3. The van der Waals surface area contributed by atoms with Crippen LogP contribution < -0.4 is 15.2 Å². The molecule has 1 rings (SSSR count). The van der Waals surface area contributed by atoms with Gasteiger partial charge in [0.2, 0.25) is 5.75 Å². The van der Waals surface area contributed by atoms with E-state index in [1.165, 1.54) is 14.2 Å². The van der Waals surface area contributed by atoms with Gasteiger partial charge in [0.25, 0.3) is 0 Å². The van der Waals surface area contributed by atoms with E-state index in [-0.39, 0.29) is 18.0 Å². The van der Waals surface area contributed by atoms with Gasteiger partial charge >= 0.3 is 0 Å². The van der Waals surface area contributed by atoms with Gasteiger partial charge in [-0.15, -0.1) is 0 Å². The molecule has 5 heteroatoms. The maximum Gasteiger partial charge on any atom is 0.203 e. The fraction of sp³-hybridized carbons (Fsp3) is 0.400. The number of hydrogen-bond donors (Lipinski definition) is 3. The fourth-order valence-electron chi connectivity index (χ4n) is 1.32. The van der Waals surface area contributed by atoms with Crippen molar-refractivity contribution in [1.29, 1.82) is 0 Å². The number of ether oxygens (including phenoxy) is 2. The van der Waals surface area contributed by atoms with Crippen molar-refractivity contribution in [1.82, 2.24) is 0 Å². The summed E-state index contributed by atoms with van der Waals surface area (Å²) in [4.78, 5) is 0. The number of benzene rings is 1. The number of hydrogen-bond acceptors (Lipinski definition) is 5. The van der Waals surface area contributed by atoms with E-state index < -0.39 is 6.10 Å². The van der Waals surface area contributed by atoms with Crippen molar-refractivity contribution in [2.75, 3.05) is 20.8 Å². The molecule has 0 heterocycles. The van der Waals surface area contributed by atoms with Gasteiger partial charge in [0, 0.05) is 12.1 Å². The SMILES string of the molecule is COc1ccc(C(O)CN)c(O)c1OC. The summed E-state index contributed by atoms with van der Waals surface area (Å²) in [6.45, 7) is 0.0308. The Morgan fingerprint density at radius 2 is 2.00 bits per heavy atom. The van der Waals surface area contributed by atoms with Crippen molar-refractivity contribution in [3.8, 4) is 17.2 Å². The molecule has 1 aromatic carbocycles. The van der Waals surface area contributed by atoms with E-state index in [1.54, 1.807) is 12.1 Å². The second kappa shape index (κ2) is 4.86. The van der Waals surface area contributed by atoms with Crippen LogP contribution in [0.4, 0.5) is 0 Å². The molecular formula is C10H15NO4. The lowest BCUT2D eigenvalue weighted by Gasteiger charge is -2.15. The van der Waals surface area contributed by atoms with Crippen molar-refractivity contribution in [3.05, 3.63) is 17.7 Å². The average molecular weight is 213 g/mol. The van der Waals surface area contributed by atoms with E-state index in [4.69, 9.17) is 15.2 Å². The highest BCUT2D eigenvalue weighted by molar-refractivity contribution is 5.55. The molecule has 4 N–H and O–H groups in total. The number of methoxy groups -OCH3 is 2. The van der Waals surface area contributed by atoms with Crippen molar-refractivity contribution in [2.45, 2.75) is 6.10 Å². The van der Waals surface area contributed by atoms with E-state index >= 15 is 0 Å². The van der Waals surface area contributed by atoms with Crippen LogP contribution in [0.25, 0.3) is 0 Å². The van der Waals surface area contributed by atoms with E-state index in [1.807, 2.05) is 0 Å². The minimum atomic E-state index is -0.912. The van der Waals surface area contributed by atoms with E-state index in [0.717, 1.165) is 0 Å². The zero-order valence-electron chi connectivity index (χ0n) is 8.73. The van der Waals surface area contributed by atoms with E-state index in [0.29, 0.717) is 11.3 Å². The van der Waals surface area contributed by atoms with Gasteiger partial charge in [-0.05, 0) is 12.1 Å². The Labute approximate surface area is 88.0 Å². The van der Waals surface area contributed by atoms with Crippen LogP contribution in [-0.2, 0) is 0 Å². The molecule has 1 unspecified atom stereocenters. The molecule has 0 aliphatic heterocycles. The highest BCUT2D eigenvalue weighted by Crippen LogP contribution is 2.40. The van der Waals surface area contributed by atoms with Crippen LogP contribution in [0.5, 0.6) is 17.2 Å². The van der Waals surface area contributed by atoms with Gasteiger partial charge in [-0.1, -0.05) is 0 Å². The molecule has 0 spiro atoms. The summed E-state index contributed by atoms with van der Waals surface area (Å²) < 4.78 is 9.96. The first-order valence-electron chi connectivity index (χ1n) is 4.47. The van der Waals surface area contributed by atoms with Crippen LogP contribution in [0.1, 0.15) is 11.7 Å². The van der Waals surface area contributed by atoms with Crippen LogP contribution in [0.3, 0.4) is 0 Å². The molecule has 0 amide bonds. The summed E-state index contributed by atoms with van der Waals surface area (Å²) in [5, 5.41) is 19.3. The van der Waals surface area contributed by atoms with Crippen molar-refractivity contribution in [3.63, 3.8) is 0 Å². The topological polar surface area (TPSA) is 84.9 Å². The van der Waals surface area contributed by atoms with Gasteiger partial charge in [-0.2, -0.15) is 0 Å². The monoisotopic (exact) mass is 213 g/mol. The predicted octanol–water partition coefficient (Wildman–Crippen LogP) is 0.402. The lowest BCUT2D eigenvalue weighted by atomic mass is 10.1. The zero-order chi connectivity index (χ0) is 11.4. The maximum atomic E-state index is 9.78. The number of phenolic OH excluding ortho intramolecular Hbond substituents is 1. The molecule has 0 aliphatic rings. The summed E-state index contributed by atoms with van der Waals surface area (Å²) in [6.07, 6.45) is -0.912. The standard InChI is InChI=1S/C10H15NO4/c1-14-8-4-3-6(7(12)5-11)9(13)10(8)15-2/h3-4,7,12-13H,5,11H2,1-2H3. The Balaban J connectivity index is 3.22. The summed E-state index contributed by atoms with van der Waals surface area (Å²) >= 11 is 0. The lowest BCUT2D eigenvalue weighted by molar-refractivity contribution is 0.181. The molecule has 0 aromatic heterocycles. The zero-order valence-corrected chi connectivity index (χ0v) is 8.73. The molecule has 15 heavy (non-hydrogen) atoms. The number of nitrogens with two attached hydrogens (primary N) is 1. The van der Waals surface area contributed by atoms with E-state index in [9.17, 15) is 10.2 Å². The number of aromatic hydroxyl groups is 1. The Hall–Kier alpha value is -1.46. The predicted molar refractivity (Wildman–Crippen MR) is 55.2 cm³/mol. The number of aliphatic hydroxyl groups excluding tert-OH is 1. The second-order valence-electron chi connectivity index (χ2n) is 2.99. The first-order chi connectivity index (χ1) is 7.15. The van der Waals surface area contributed by atoms with Crippen LogP contribution in [0.15, 0.2) is 12.1 Å². The Kier molecular flexibility index (Phi) is 3.76.